The number of piperidine rings is 2. The minimum atomic E-state index is -0.384. The normalized spacial score (nSPS) is 17.7. The van der Waals surface area contributed by atoms with Crippen molar-refractivity contribution >= 4 is 72.2 Å². The van der Waals surface area contributed by atoms with Gasteiger partial charge in [-0.2, -0.15) is 0 Å². The summed E-state index contributed by atoms with van der Waals surface area (Å²) in [6.07, 6.45) is 14.8. The van der Waals surface area contributed by atoms with Crippen LogP contribution in [0.1, 0.15) is 83.6 Å². The zero-order chi connectivity index (χ0) is 34.3. The molecule has 0 bridgehead atoms. The van der Waals surface area contributed by atoms with Gasteiger partial charge in [-0.15, -0.1) is 22.7 Å². The SMILES string of the molecule is NC(=O)c1cc2ccnc(N3CCC(CCNC(=O)C4CCCC4)CC3)c2s1.NCCC1CCN(c2nccc3cc(C(N)=O)sc23)CC1. The molecule has 4 aromatic rings. The Morgan fingerprint density at radius 1 is 0.735 bits per heavy atom. The predicted molar refractivity (Wildman–Crippen MR) is 199 cm³/mol. The Kier molecular flexibility index (Phi) is 11.6. The third-order valence-corrected chi connectivity index (χ3v) is 12.6. The number of fused-ring (bicyclic) bond motifs is 2. The molecule has 1 aliphatic carbocycles. The fourth-order valence-corrected chi connectivity index (χ4v) is 9.48. The van der Waals surface area contributed by atoms with Crippen molar-refractivity contribution in [1.82, 2.24) is 15.3 Å². The van der Waals surface area contributed by atoms with Crippen LogP contribution in [0.5, 0.6) is 0 Å². The molecule has 7 rings (SSSR count). The van der Waals surface area contributed by atoms with E-state index in [1.807, 2.05) is 24.3 Å². The number of hydrogen-bond acceptors (Lipinski definition) is 10. The van der Waals surface area contributed by atoms with Crippen molar-refractivity contribution in [2.75, 3.05) is 49.1 Å². The number of anilines is 2. The Morgan fingerprint density at radius 2 is 1.20 bits per heavy atom. The summed E-state index contributed by atoms with van der Waals surface area (Å²) in [4.78, 5) is 49.9. The first-order valence-electron chi connectivity index (χ1n) is 17.6. The molecular weight excluding hydrogens is 657 g/mol. The summed E-state index contributed by atoms with van der Waals surface area (Å²) in [6, 6.07) is 7.58. The molecule has 7 N–H and O–H groups in total. The van der Waals surface area contributed by atoms with Crippen LogP contribution in [0.4, 0.5) is 11.6 Å². The van der Waals surface area contributed by atoms with E-state index in [9.17, 15) is 14.4 Å². The lowest BCUT2D eigenvalue weighted by Crippen LogP contribution is -2.36. The molecule has 0 radical (unpaired) electrons. The molecule has 262 valence electrons. The van der Waals surface area contributed by atoms with E-state index in [1.54, 1.807) is 12.4 Å². The number of rotatable bonds is 10. The minimum Gasteiger partial charge on any atom is -0.365 e. The summed E-state index contributed by atoms with van der Waals surface area (Å²) in [5.41, 5.74) is 16.5. The van der Waals surface area contributed by atoms with Crippen molar-refractivity contribution in [3.8, 4) is 0 Å². The molecule has 0 unspecified atom stereocenters. The second-order valence-corrected chi connectivity index (χ2v) is 15.7. The molecule has 11 nitrogen and oxygen atoms in total. The van der Waals surface area contributed by atoms with Gasteiger partial charge in [-0.1, -0.05) is 12.8 Å². The molecule has 0 aromatic carbocycles. The van der Waals surface area contributed by atoms with E-state index in [0.717, 1.165) is 128 Å². The number of carbonyl (C=O) groups is 3. The Labute approximate surface area is 295 Å². The molecule has 13 heteroatoms. The van der Waals surface area contributed by atoms with Crippen molar-refractivity contribution in [2.45, 2.75) is 64.2 Å². The van der Waals surface area contributed by atoms with Gasteiger partial charge in [0, 0.05) is 51.0 Å². The lowest BCUT2D eigenvalue weighted by molar-refractivity contribution is -0.124. The quantitative estimate of drug-likeness (QED) is 0.173. The lowest BCUT2D eigenvalue weighted by atomic mass is 9.93. The number of pyridine rings is 2. The summed E-state index contributed by atoms with van der Waals surface area (Å²) in [7, 11) is 0. The first kappa shape index (κ1) is 35.0. The first-order valence-corrected chi connectivity index (χ1v) is 19.3. The standard InChI is InChI=1S/C21H28N4O2S.C15H20N4OS/c22-19(26)17-13-16-6-10-23-20(18(16)28-17)25-11-7-14(8-12-25)5-9-24-21(27)15-3-1-2-4-15;16-5-1-10-3-7-19(8-4-10)15-13-11(2-6-18-15)9-12(21-13)14(17)20/h6,10,13-15H,1-5,7-9,11-12H2,(H2,22,26)(H,24,27);2,6,9-10H,1,3-5,7-8,16H2,(H2,17,20). The summed E-state index contributed by atoms with van der Waals surface area (Å²) >= 11 is 2.87. The summed E-state index contributed by atoms with van der Waals surface area (Å²) in [5.74, 6) is 3.07. The third kappa shape index (κ3) is 8.50. The fourth-order valence-electron chi connectivity index (χ4n) is 7.43. The fraction of sp³-hybridized carbons (Fsp3) is 0.528. The highest BCUT2D eigenvalue weighted by Gasteiger charge is 2.25. The topological polar surface area (TPSA) is 174 Å². The maximum absolute atomic E-state index is 12.1. The number of amides is 3. The van der Waals surface area contributed by atoms with Crippen molar-refractivity contribution in [3.63, 3.8) is 0 Å². The highest BCUT2D eigenvalue weighted by Crippen LogP contribution is 2.36. The molecule has 3 amide bonds. The number of hydrogen-bond donors (Lipinski definition) is 4. The van der Waals surface area contributed by atoms with Gasteiger partial charge in [-0.25, -0.2) is 9.97 Å². The largest absolute Gasteiger partial charge is 0.365 e. The molecule has 3 fully saturated rings. The summed E-state index contributed by atoms with van der Waals surface area (Å²) in [6.45, 7) is 5.47. The van der Waals surface area contributed by atoms with Gasteiger partial charge in [-0.05, 0) is 105 Å². The molecule has 3 aliphatic rings. The van der Waals surface area contributed by atoms with E-state index in [-0.39, 0.29) is 23.6 Å². The predicted octanol–water partition coefficient (Wildman–Crippen LogP) is 5.27. The molecule has 4 aromatic heterocycles. The number of carbonyl (C=O) groups excluding carboxylic acids is 3. The number of nitrogens with two attached hydrogens (primary N) is 3. The van der Waals surface area contributed by atoms with Crippen LogP contribution in [0.2, 0.25) is 0 Å². The molecule has 1 saturated carbocycles. The molecular formula is C36H48N8O3S2. The molecule has 6 heterocycles. The third-order valence-electron chi connectivity index (χ3n) is 10.3. The molecule has 2 saturated heterocycles. The molecule has 49 heavy (non-hydrogen) atoms. The van der Waals surface area contributed by atoms with Crippen LogP contribution < -0.4 is 32.3 Å². The van der Waals surface area contributed by atoms with Gasteiger partial charge in [0.2, 0.25) is 5.91 Å². The highest BCUT2D eigenvalue weighted by atomic mass is 32.1. The highest BCUT2D eigenvalue weighted by molar-refractivity contribution is 7.21. The minimum absolute atomic E-state index is 0.254. The Morgan fingerprint density at radius 3 is 1.65 bits per heavy atom. The Balaban J connectivity index is 0.000000177. The average molecular weight is 705 g/mol. The van der Waals surface area contributed by atoms with Crippen molar-refractivity contribution in [3.05, 3.63) is 46.4 Å². The van der Waals surface area contributed by atoms with Crippen LogP contribution in [0.3, 0.4) is 0 Å². The van der Waals surface area contributed by atoms with Gasteiger partial charge in [0.25, 0.3) is 11.8 Å². The van der Waals surface area contributed by atoms with Crippen LogP contribution in [0, 0.1) is 17.8 Å². The summed E-state index contributed by atoms with van der Waals surface area (Å²) < 4.78 is 2.10. The average Bonchev–Trinajstić information content (AvgIpc) is 3.90. The Hall–Kier alpha value is -3.81. The smallest absolute Gasteiger partial charge is 0.258 e. The zero-order valence-corrected chi connectivity index (χ0v) is 29.7. The van der Waals surface area contributed by atoms with Crippen LogP contribution in [-0.2, 0) is 4.79 Å². The van der Waals surface area contributed by atoms with Crippen LogP contribution in [0.15, 0.2) is 36.7 Å². The molecule has 2 aliphatic heterocycles. The lowest BCUT2D eigenvalue weighted by Gasteiger charge is -2.33. The van der Waals surface area contributed by atoms with E-state index in [4.69, 9.17) is 17.2 Å². The van der Waals surface area contributed by atoms with E-state index >= 15 is 0 Å². The number of nitrogens with one attached hydrogen (secondary N) is 1. The van der Waals surface area contributed by atoms with E-state index in [1.165, 1.54) is 35.5 Å². The van der Waals surface area contributed by atoms with Crippen LogP contribution in [0.25, 0.3) is 20.2 Å². The van der Waals surface area contributed by atoms with E-state index in [0.29, 0.717) is 15.7 Å². The molecule has 0 spiro atoms. The van der Waals surface area contributed by atoms with Gasteiger partial charge >= 0.3 is 0 Å². The monoisotopic (exact) mass is 704 g/mol. The van der Waals surface area contributed by atoms with E-state index < -0.39 is 0 Å². The number of thiophene rings is 2. The maximum atomic E-state index is 12.1. The zero-order valence-electron chi connectivity index (χ0n) is 28.1. The number of aromatic nitrogens is 2. The second-order valence-electron chi connectivity index (χ2n) is 13.6. The maximum Gasteiger partial charge on any atom is 0.258 e. The van der Waals surface area contributed by atoms with Gasteiger partial charge in [0.1, 0.15) is 11.6 Å². The Bertz CT molecular complexity index is 1750. The van der Waals surface area contributed by atoms with Gasteiger partial charge < -0.3 is 32.3 Å². The van der Waals surface area contributed by atoms with Gasteiger partial charge in [0.15, 0.2) is 0 Å². The van der Waals surface area contributed by atoms with E-state index in [2.05, 4.69) is 25.1 Å². The van der Waals surface area contributed by atoms with Gasteiger partial charge in [0.05, 0.1) is 19.2 Å². The number of nitrogens with zero attached hydrogens (tertiary/aromatic N) is 4. The first-order chi connectivity index (χ1) is 23.8. The van der Waals surface area contributed by atoms with Crippen LogP contribution >= 0.6 is 22.7 Å². The van der Waals surface area contributed by atoms with Crippen molar-refractivity contribution in [1.29, 1.82) is 0 Å². The summed E-state index contributed by atoms with van der Waals surface area (Å²) in [5, 5.41) is 5.22. The van der Waals surface area contributed by atoms with Gasteiger partial charge in [-0.3, -0.25) is 14.4 Å². The van der Waals surface area contributed by atoms with Crippen LogP contribution in [-0.4, -0.2) is 67.0 Å². The molecule has 0 atom stereocenters. The van der Waals surface area contributed by atoms with Crippen molar-refractivity contribution in [2.24, 2.45) is 35.0 Å². The second kappa shape index (κ2) is 16.3. The van der Waals surface area contributed by atoms with Crippen molar-refractivity contribution < 1.29 is 14.4 Å². The number of primary amides is 2.